The smallest absolute Gasteiger partial charge is 0.234 e. The highest BCUT2D eigenvalue weighted by molar-refractivity contribution is 7.16. The normalized spacial score (nSPS) is 12.7. The molecule has 0 unspecified atom stereocenters. The van der Waals surface area contributed by atoms with Crippen molar-refractivity contribution in [1.29, 1.82) is 0 Å². The minimum Gasteiger partial charge on any atom is -0.263 e. The largest absolute Gasteiger partial charge is 0.263 e. The average Bonchev–Trinajstić information content (AvgIpc) is 3.29. The van der Waals surface area contributed by atoms with E-state index in [0.717, 1.165) is 28.6 Å². The molecule has 0 N–H and O–H groups in total. The molecule has 6 nitrogen and oxygen atoms in total. The summed E-state index contributed by atoms with van der Waals surface area (Å²) in [5, 5.41) is 18.7. The van der Waals surface area contributed by atoms with Crippen LogP contribution in [0.15, 0.2) is 48.8 Å². The first kappa shape index (κ1) is 14.1. The number of nitrogens with zero attached hydrogens (tertiary/aromatic N) is 6. The Bertz CT molecular complexity index is 893. The molecule has 23 heavy (non-hydrogen) atoms. The summed E-state index contributed by atoms with van der Waals surface area (Å²) in [6, 6.07) is 12.3. The van der Waals surface area contributed by atoms with Gasteiger partial charge in [-0.15, -0.1) is 10.2 Å². The number of rotatable bonds is 5. The molecule has 4 rings (SSSR count). The second-order valence-corrected chi connectivity index (χ2v) is 6.31. The molecule has 0 saturated carbocycles. The van der Waals surface area contributed by atoms with E-state index in [1.165, 1.54) is 5.56 Å². The lowest BCUT2D eigenvalue weighted by Gasteiger charge is -2.11. The van der Waals surface area contributed by atoms with Crippen molar-refractivity contribution in [1.82, 2.24) is 29.6 Å². The Kier molecular flexibility index (Phi) is 3.63. The van der Waals surface area contributed by atoms with Gasteiger partial charge in [0.05, 0.1) is 0 Å². The third-order valence-corrected chi connectivity index (χ3v) is 4.79. The molecule has 3 aromatic heterocycles. The van der Waals surface area contributed by atoms with Gasteiger partial charge in [-0.3, -0.25) is 4.68 Å². The highest BCUT2D eigenvalue weighted by Crippen LogP contribution is 2.26. The van der Waals surface area contributed by atoms with E-state index in [1.54, 1.807) is 17.5 Å². The fourth-order valence-corrected chi connectivity index (χ4v) is 3.67. The summed E-state index contributed by atoms with van der Waals surface area (Å²) in [5.41, 5.74) is 1.20. The van der Waals surface area contributed by atoms with Crippen LogP contribution in [-0.2, 0) is 6.42 Å². The van der Waals surface area contributed by atoms with Crippen LogP contribution in [0.2, 0.25) is 0 Å². The third-order valence-electron chi connectivity index (χ3n) is 3.79. The van der Waals surface area contributed by atoms with Crippen LogP contribution in [0.3, 0.4) is 0 Å². The number of benzene rings is 1. The number of fused-ring (bicyclic) bond motifs is 1. The lowest BCUT2D eigenvalue weighted by Crippen LogP contribution is -2.10. The maximum atomic E-state index is 4.75. The van der Waals surface area contributed by atoms with Gasteiger partial charge >= 0.3 is 0 Å². The Morgan fingerprint density at radius 1 is 1.13 bits per heavy atom. The Hall–Kier alpha value is -2.54. The highest BCUT2D eigenvalue weighted by atomic mass is 32.1. The van der Waals surface area contributed by atoms with Crippen LogP contribution in [-0.4, -0.2) is 29.6 Å². The van der Waals surface area contributed by atoms with E-state index < -0.39 is 0 Å². The van der Waals surface area contributed by atoms with Gasteiger partial charge in [-0.25, -0.2) is 0 Å². The van der Waals surface area contributed by atoms with Gasteiger partial charge in [0.15, 0.2) is 5.82 Å². The maximum absolute atomic E-state index is 4.75. The molecule has 116 valence electrons. The van der Waals surface area contributed by atoms with Crippen molar-refractivity contribution in [3.05, 3.63) is 65.2 Å². The van der Waals surface area contributed by atoms with E-state index in [2.05, 4.69) is 34.4 Å². The van der Waals surface area contributed by atoms with E-state index in [-0.39, 0.29) is 6.04 Å². The monoisotopic (exact) mass is 324 g/mol. The van der Waals surface area contributed by atoms with Gasteiger partial charge in [-0.1, -0.05) is 48.6 Å². The number of hydrogen-bond acceptors (Lipinski definition) is 5. The van der Waals surface area contributed by atoms with Crippen LogP contribution in [0, 0.1) is 0 Å². The molecule has 4 aromatic rings. The van der Waals surface area contributed by atoms with E-state index in [9.17, 15) is 0 Å². The van der Waals surface area contributed by atoms with Crippen LogP contribution in [0.25, 0.3) is 4.96 Å². The van der Waals surface area contributed by atoms with Crippen molar-refractivity contribution in [2.45, 2.75) is 25.8 Å². The van der Waals surface area contributed by atoms with Crippen LogP contribution < -0.4 is 0 Å². The molecule has 0 bridgehead atoms. The second-order valence-electron chi connectivity index (χ2n) is 5.32. The molecule has 0 amide bonds. The summed E-state index contributed by atoms with van der Waals surface area (Å²) in [6.07, 6.45) is 5.43. The zero-order chi connectivity index (χ0) is 15.6. The van der Waals surface area contributed by atoms with Gasteiger partial charge in [0, 0.05) is 18.8 Å². The maximum Gasteiger partial charge on any atom is 0.234 e. The average molecular weight is 324 g/mol. The Morgan fingerprint density at radius 3 is 2.74 bits per heavy atom. The highest BCUT2D eigenvalue weighted by Gasteiger charge is 2.19. The molecular weight excluding hydrogens is 308 g/mol. The van der Waals surface area contributed by atoms with Gasteiger partial charge in [0.1, 0.15) is 11.0 Å². The quantitative estimate of drug-likeness (QED) is 0.566. The van der Waals surface area contributed by atoms with Crippen molar-refractivity contribution < 1.29 is 0 Å². The molecule has 0 aliphatic rings. The van der Waals surface area contributed by atoms with E-state index in [0.29, 0.717) is 0 Å². The molecule has 0 spiro atoms. The molecule has 7 heteroatoms. The fourth-order valence-electron chi connectivity index (χ4n) is 2.64. The predicted octanol–water partition coefficient (Wildman–Crippen LogP) is 2.97. The topological polar surface area (TPSA) is 60.9 Å². The van der Waals surface area contributed by atoms with Gasteiger partial charge in [0.2, 0.25) is 4.96 Å². The summed E-state index contributed by atoms with van der Waals surface area (Å²) in [5.74, 6) is 0.865. The Balaban J connectivity index is 1.69. The van der Waals surface area contributed by atoms with Crippen molar-refractivity contribution in [2.24, 2.45) is 0 Å². The Morgan fingerprint density at radius 2 is 2.00 bits per heavy atom. The molecule has 0 fully saturated rings. The van der Waals surface area contributed by atoms with Crippen LogP contribution in [0.4, 0.5) is 0 Å². The van der Waals surface area contributed by atoms with E-state index in [1.807, 2.05) is 39.7 Å². The zero-order valence-electron chi connectivity index (χ0n) is 12.7. The molecule has 3 heterocycles. The molecular formula is C16H16N6S. The summed E-state index contributed by atoms with van der Waals surface area (Å²) < 4.78 is 3.81. The van der Waals surface area contributed by atoms with Gasteiger partial charge in [-0.2, -0.15) is 14.7 Å². The fraction of sp³-hybridized carbons (Fsp3) is 0.250. The van der Waals surface area contributed by atoms with Crippen molar-refractivity contribution in [2.75, 3.05) is 0 Å². The molecule has 0 radical (unpaired) electrons. The zero-order valence-corrected chi connectivity index (χ0v) is 13.5. The van der Waals surface area contributed by atoms with Crippen LogP contribution in [0.1, 0.15) is 35.8 Å². The number of aromatic nitrogens is 6. The Labute approximate surface area is 137 Å². The van der Waals surface area contributed by atoms with Crippen LogP contribution in [0.5, 0.6) is 0 Å². The van der Waals surface area contributed by atoms with E-state index in [4.69, 9.17) is 5.10 Å². The van der Waals surface area contributed by atoms with Crippen molar-refractivity contribution >= 4 is 16.3 Å². The summed E-state index contributed by atoms with van der Waals surface area (Å²) in [7, 11) is 0. The molecule has 0 aliphatic heterocycles. The van der Waals surface area contributed by atoms with Gasteiger partial charge < -0.3 is 0 Å². The first-order chi connectivity index (χ1) is 11.3. The SMILES string of the molecule is CC[C@@H](c1nn2c(Cc3ccccc3)nnc2s1)n1cccn1. The first-order valence-electron chi connectivity index (χ1n) is 7.59. The second kappa shape index (κ2) is 5.92. The predicted molar refractivity (Wildman–Crippen MR) is 88.6 cm³/mol. The summed E-state index contributed by atoms with van der Waals surface area (Å²) in [6.45, 7) is 2.14. The van der Waals surface area contributed by atoms with Crippen molar-refractivity contribution in [3.8, 4) is 0 Å². The van der Waals surface area contributed by atoms with Crippen LogP contribution >= 0.6 is 11.3 Å². The molecule has 0 aliphatic carbocycles. The lowest BCUT2D eigenvalue weighted by molar-refractivity contribution is 0.501. The number of hydrogen-bond donors (Lipinski definition) is 0. The van der Waals surface area contributed by atoms with Gasteiger partial charge in [-0.05, 0) is 18.1 Å². The van der Waals surface area contributed by atoms with Gasteiger partial charge in [0.25, 0.3) is 0 Å². The third kappa shape index (κ3) is 2.63. The molecule has 1 aromatic carbocycles. The minimum absolute atomic E-state index is 0.140. The summed E-state index contributed by atoms with van der Waals surface area (Å²) >= 11 is 1.58. The molecule has 1 atom stereocenters. The van der Waals surface area contributed by atoms with E-state index >= 15 is 0 Å². The lowest BCUT2D eigenvalue weighted by atomic mass is 10.1. The molecule has 0 saturated heterocycles. The van der Waals surface area contributed by atoms with Crippen molar-refractivity contribution in [3.63, 3.8) is 0 Å². The minimum atomic E-state index is 0.140. The summed E-state index contributed by atoms with van der Waals surface area (Å²) in [4.78, 5) is 0.830. The first-order valence-corrected chi connectivity index (χ1v) is 8.41. The standard InChI is InChI=1S/C16H16N6S/c1-2-13(21-10-6-9-17-21)15-20-22-14(18-19-16(22)23-15)11-12-7-4-3-5-8-12/h3-10,13H,2,11H2,1H3/t13-/m0/s1.